The third-order valence-corrected chi connectivity index (χ3v) is 3.59. The van der Waals surface area contributed by atoms with E-state index in [1.165, 1.54) is 16.9 Å². The van der Waals surface area contributed by atoms with Crippen LogP contribution in [0.15, 0.2) is 24.4 Å². The Kier molecular flexibility index (Phi) is 4.66. The SMILES string of the molecule is Cc1ccc(OC(C)C)c(NCc2cnc(Cl)s2)c1. The molecule has 0 fully saturated rings. The maximum Gasteiger partial charge on any atom is 0.183 e. The summed E-state index contributed by atoms with van der Waals surface area (Å²) < 4.78 is 6.36. The van der Waals surface area contributed by atoms with Crippen LogP contribution < -0.4 is 10.1 Å². The van der Waals surface area contributed by atoms with E-state index in [2.05, 4.69) is 23.3 Å². The minimum absolute atomic E-state index is 0.154. The Labute approximate surface area is 122 Å². The highest BCUT2D eigenvalue weighted by Gasteiger charge is 2.07. The summed E-state index contributed by atoms with van der Waals surface area (Å²) in [5.74, 6) is 0.871. The number of benzene rings is 1. The van der Waals surface area contributed by atoms with Crippen molar-refractivity contribution in [3.63, 3.8) is 0 Å². The standard InChI is InChI=1S/C14H17ClN2OS/c1-9(2)18-13-5-4-10(3)6-12(13)16-7-11-8-17-14(15)19-11/h4-6,8-9,16H,7H2,1-3H3. The Morgan fingerprint density at radius 1 is 1.42 bits per heavy atom. The number of aryl methyl sites for hydroxylation is 1. The number of thiazole rings is 1. The van der Waals surface area contributed by atoms with E-state index in [1.54, 1.807) is 6.20 Å². The predicted molar refractivity (Wildman–Crippen MR) is 81.4 cm³/mol. The van der Waals surface area contributed by atoms with E-state index in [0.29, 0.717) is 11.0 Å². The second-order valence-electron chi connectivity index (χ2n) is 4.60. The molecule has 0 radical (unpaired) electrons. The molecule has 2 aromatic rings. The van der Waals surface area contributed by atoms with E-state index in [-0.39, 0.29) is 6.10 Å². The van der Waals surface area contributed by atoms with Crippen molar-refractivity contribution in [2.24, 2.45) is 0 Å². The average molecular weight is 297 g/mol. The van der Waals surface area contributed by atoms with E-state index in [1.807, 2.05) is 26.0 Å². The minimum Gasteiger partial charge on any atom is -0.489 e. The summed E-state index contributed by atoms with van der Waals surface area (Å²) in [6, 6.07) is 6.13. The van der Waals surface area contributed by atoms with Gasteiger partial charge in [-0.15, -0.1) is 11.3 Å². The normalized spacial score (nSPS) is 10.8. The molecule has 3 nitrogen and oxygen atoms in total. The second kappa shape index (κ2) is 6.26. The average Bonchev–Trinajstić information content (AvgIpc) is 2.75. The van der Waals surface area contributed by atoms with Crippen molar-refractivity contribution in [3.05, 3.63) is 39.3 Å². The predicted octanol–water partition coefficient (Wildman–Crippen LogP) is 4.50. The smallest absolute Gasteiger partial charge is 0.183 e. The van der Waals surface area contributed by atoms with E-state index >= 15 is 0 Å². The Morgan fingerprint density at radius 2 is 2.21 bits per heavy atom. The summed E-state index contributed by atoms with van der Waals surface area (Å²) in [7, 11) is 0. The molecule has 19 heavy (non-hydrogen) atoms. The van der Waals surface area contributed by atoms with Gasteiger partial charge in [0.05, 0.1) is 18.3 Å². The van der Waals surface area contributed by atoms with Crippen LogP contribution in [0.4, 0.5) is 5.69 Å². The number of ether oxygens (including phenoxy) is 1. The van der Waals surface area contributed by atoms with Crippen molar-refractivity contribution < 1.29 is 4.74 Å². The van der Waals surface area contributed by atoms with E-state index < -0.39 is 0 Å². The first-order chi connectivity index (χ1) is 9.04. The Morgan fingerprint density at radius 3 is 2.84 bits per heavy atom. The van der Waals surface area contributed by atoms with Gasteiger partial charge in [-0.1, -0.05) is 17.7 Å². The van der Waals surface area contributed by atoms with Crippen LogP contribution in [0.5, 0.6) is 5.75 Å². The molecule has 0 amide bonds. The quantitative estimate of drug-likeness (QED) is 0.882. The van der Waals surface area contributed by atoms with Crippen LogP contribution in [0.2, 0.25) is 4.47 Å². The van der Waals surface area contributed by atoms with Crippen LogP contribution in [-0.4, -0.2) is 11.1 Å². The molecule has 0 bridgehead atoms. The first-order valence-corrected chi connectivity index (χ1v) is 7.35. The Bertz CT molecular complexity index is 554. The van der Waals surface area contributed by atoms with Crippen LogP contribution in [0.25, 0.3) is 0 Å². The number of nitrogens with one attached hydrogen (secondary N) is 1. The van der Waals surface area contributed by atoms with E-state index in [0.717, 1.165) is 16.3 Å². The zero-order valence-electron chi connectivity index (χ0n) is 11.2. The summed E-state index contributed by atoms with van der Waals surface area (Å²) in [5, 5.41) is 3.38. The third-order valence-electron chi connectivity index (χ3n) is 2.48. The van der Waals surface area contributed by atoms with Gasteiger partial charge >= 0.3 is 0 Å². The van der Waals surface area contributed by atoms with Crippen molar-refractivity contribution in [1.82, 2.24) is 4.98 Å². The number of anilines is 1. The Balaban J connectivity index is 2.11. The van der Waals surface area contributed by atoms with Crippen LogP contribution in [0, 0.1) is 6.92 Å². The number of hydrogen-bond donors (Lipinski definition) is 1. The van der Waals surface area contributed by atoms with E-state index in [9.17, 15) is 0 Å². The number of hydrogen-bond acceptors (Lipinski definition) is 4. The number of rotatable bonds is 5. The van der Waals surface area contributed by atoms with Crippen molar-refractivity contribution in [2.75, 3.05) is 5.32 Å². The van der Waals surface area contributed by atoms with Crippen LogP contribution in [0.3, 0.4) is 0 Å². The van der Waals surface area contributed by atoms with Crippen LogP contribution in [0.1, 0.15) is 24.3 Å². The first-order valence-electron chi connectivity index (χ1n) is 6.16. The molecular formula is C14H17ClN2OS. The lowest BCUT2D eigenvalue weighted by Gasteiger charge is -2.15. The number of nitrogens with zero attached hydrogens (tertiary/aromatic N) is 1. The fourth-order valence-electron chi connectivity index (χ4n) is 1.69. The molecule has 0 spiro atoms. The van der Waals surface area contributed by atoms with Gasteiger partial charge in [-0.05, 0) is 38.5 Å². The van der Waals surface area contributed by atoms with Crippen molar-refractivity contribution >= 4 is 28.6 Å². The maximum absolute atomic E-state index is 5.82. The van der Waals surface area contributed by atoms with Gasteiger partial charge in [-0.25, -0.2) is 4.98 Å². The molecule has 0 unspecified atom stereocenters. The molecule has 5 heteroatoms. The molecule has 1 aromatic carbocycles. The van der Waals surface area contributed by atoms with Crippen molar-refractivity contribution in [2.45, 2.75) is 33.4 Å². The van der Waals surface area contributed by atoms with Crippen LogP contribution >= 0.6 is 22.9 Å². The second-order valence-corrected chi connectivity index (χ2v) is 6.30. The topological polar surface area (TPSA) is 34.1 Å². The monoisotopic (exact) mass is 296 g/mol. The van der Waals surface area contributed by atoms with Gasteiger partial charge in [0.15, 0.2) is 4.47 Å². The first kappa shape index (κ1) is 14.2. The lowest BCUT2D eigenvalue weighted by atomic mass is 10.2. The largest absolute Gasteiger partial charge is 0.489 e. The number of halogens is 1. The van der Waals surface area contributed by atoms with Gasteiger partial charge in [0, 0.05) is 11.1 Å². The van der Waals surface area contributed by atoms with Gasteiger partial charge in [0.25, 0.3) is 0 Å². The summed E-state index contributed by atoms with van der Waals surface area (Å²) in [5.41, 5.74) is 2.19. The van der Waals surface area contributed by atoms with Gasteiger partial charge in [-0.3, -0.25) is 0 Å². The third kappa shape index (κ3) is 4.11. The molecule has 0 saturated heterocycles. The zero-order chi connectivity index (χ0) is 13.8. The molecule has 2 rings (SSSR count). The zero-order valence-corrected chi connectivity index (χ0v) is 12.8. The molecular weight excluding hydrogens is 280 g/mol. The van der Waals surface area contributed by atoms with Crippen LogP contribution in [-0.2, 0) is 6.54 Å². The lowest BCUT2D eigenvalue weighted by molar-refractivity contribution is 0.243. The summed E-state index contributed by atoms with van der Waals surface area (Å²) in [6.07, 6.45) is 1.94. The lowest BCUT2D eigenvalue weighted by Crippen LogP contribution is -2.08. The molecule has 102 valence electrons. The molecule has 1 heterocycles. The van der Waals surface area contributed by atoms with Gasteiger partial charge in [-0.2, -0.15) is 0 Å². The highest BCUT2D eigenvalue weighted by Crippen LogP contribution is 2.28. The highest BCUT2D eigenvalue weighted by molar-refractivity contribution is 7.15. The van der Waals surface area contributed by atoms with Gasteiger partial charge < -0.3 is 10.1 Å². The molecule has 0 aliphatic carbocycles. The molecule has 0 saturated carbocycles. The summed E-state index contributed by atoms with van der Waals surface area (Å²) in [4.78, 5) is 5.13. The summed E-state index contributed by atoms with van der Waals surface area (Å²) >= 11 is 7.30. The summed E-state index contributed by atoms with van der Waals surface area (Å²) in [6.45, 7) is 6.80. The molecule has 1 N–H and O–H groups in total. The molecule has 1 aromatic heterocycles. The molecule has 0 atom stereocenters. The highest BCUT2D eigenvalue weighted by atomic mass is 35.5. The van der Waals surface area contributed by atoms with Gasteiger partial charge in [0.2, 0.25) is 0 Å². The minimum atomic E-state index is 0.154. The fourth-order valence-corrected chi connectivity index (χ4v) is 2.60. The van der Waals surface area contributed by atoms with Crippen molar-refractivity contribution in [3.8, 4) is 5.75 Å². The maximum atomic E-state index is 5.82. The molecule has 0 aliphatic rings. The number of aromatic nitrogens is 1. The van der Waals surface area contributed by atoms with Gasteiger partial charge in [0.1, 0.15) is 5.75 Å². The molecule has 0 aliphatic heterocycles. The Hall–Kier alpha value is -1.26. The van der Waals surface area contributed by atoms with Crippen molar-refractivity contribution in [1.29, 1.82) is 0 Å². The fraction of sp³-hybridized carbons (Fsp3) is 0.357. The van der Waals surface area contributed by atoms with E-state index in [4.69, 9.17) is 16.3 Å².